The number of nitrogens with one attached hydrogen (secondary N) is 1. The van der Waals surface area contributed by atoms with Gasteiger partial charge in [-0.15, -0.1) is 11.3 Å². The van der Waals surface area contributed by atoms with Crippen LogP contribution in [0, 0.1) is 13.8 Å². The summed E-state index contributed by atoms with van der Waals surface area (Å²) < 4.78 is 5.34. The van der Waals surface area contributed by atoms with Crippen LogP contribution in [0.15, 0.2) is 48.5 Å². The number of fused-ring (bicyclic) bond motifs is 1. The number of methoxy groups -OCH3 is 1. The van der Waals surface area contributed by atoms with Crippen LogP contribution in [0.2, 0.25) is 5.02 Å². The molecule has 0 saturated heterocycles. The molecule has 1 amide bonds. The van der Waals surface area contributed by atoms with Crippen LogP contribution in [0.5, 0.6) is 5.75 Å². The van der Waals surface area contributed by atoms with Crippen molar-refractivity contribution in [2.24, 2.45) is 0 Å². The summed E-state index contributed by atoms with van der Waals surface area (Å²) in [6.07, 6.45) is 0. The largest absolute Gasteiger partial charge is 0.495 e. The van der Waals surface area contributed by atoms with Gasteiger partial charge in [0.1, 0.15) is 15.5 Å². The zero-order valence-corrected chi connectivity index (χ0v) is 18.3. The molecule has 0 aliphatic heterocycles. The lowest BCUT2D eigenvalue weighted by atomic mass is 10.1. The first-order valence-electron chi connectivity index (χ1n) is 9.29. The molecule has 30 heavy (non-hydrogen) atoms. The average molecular weight is 438 g/mol. The number of hydrogen-bond donors (Lipinski definition) is 2. The number of nitrogens with zero attached hydrogens (tertiary/aromatic N) is 1. The Labute approximate surface area is 183 Å². The SMILES string of the molecule is COc1cc(Cl)c(C)cc1NC(=O)c1sc2nc(-c3ccc(C)cc3)ccc2c1N. The number of hydrogen-bond acceptors (Lipinski definition) is 5. The summed E-state index contributed by atoms with van der Waals surface area (Å²) >= 11 is 7.42. The van der Waals surface area contributed by atoms with Crippen LogP contribution in [0.25, 0.3) is 21.5 Å². The fourth-order valence-electron chi connectivity index (χ4n) is 3.16. The molecule has 4 aromatic rings. The summed E-state index contributed by atoms with van der Waals surface area (Å²) in [7, 11) is 1.53. The molecule has 152 valence electrons. The number of amides is 1. The molecule has 0 aliphatic carbocycles. The van der Waals surface area contributed by atoms with Crippen molar-refractivity contribution in [1.82, 2.24) is 4.98 Å². The van der Waals surface area contributed by atoms with Crippen molar-refractivity contribution in [2.75, 3.05) is 18.2 Å². The minimum absolute atomic E-state index is 0.313. The lowest BCUT2D eigenvalue weighted by Crippen LogP contribution is -2.13. The third kappa shape index (κ3) is 3.72. The van der Waals surface area contributed by atoms with Gasteiger partial charge < -0.3 is 15.8 Å². The fraction of sp³-hybridized carbons (Fsp3) is 0.130. The van der Waals surface area contributed by atoms with Crippen LogP contribution >= 0.6 is 22.9 Å². The fourth-order valence-corrected chi connectivity index (χ4v) is 4.30. The Morgan fingerprint density at radius 2 is 1.87 bits per heavy atom. The highest BCUT2D eigenvalue weighted by molar-refractivity contribution is 7.21. The molecular weight excluding hydrogens is 418 g/mol. The van der Waals surface area contributed by atoms with Gasteiger partial charge in [-0.25, -0.2) is 4.98 Å². The van der Waals surface area contributed by atoms with Gasteiger partial charge in [0.05, 0.1) is 24.2 Å². The third-order valence-corrected chi connectivity index (χ3v) is 6.40. The number of nitrogens with two attached hydrogens (primary N) is 1. The summed E-state index contributed by atoms with van der Waals surface area (Å²) in [6, 6.07) is 15.4. The van der Waals surface area contributed by atoms with E-state index in [0.717, 1.165) is 27.0 Å². The second kappa shape index (κ2) is 7.97. The van der Waals surface area contributed by atoms with E-state index in [1.54, 1.807) is 12.1 Å². The number of benzene rings is 2. The van der Waals surface area contributed by atoms with Gasteiger partial charge in [0, 0.05) is 22.0 Å². The van der Waals surface area contributed by atoms with Crippen molar-refractivity contribution in [1.29, 1.82) is 0 Å². The number of ether oxygens (including phenoxy) is 1. The first-order chi connectivity index (χ1) is 14.4. The lowest BCUT2D eigenvalue weighted by molar-refractivity contribution is 0.103. The molecule has 0 fully saturated rings. The minimum atomic E-state index is -0.313. The molecule has 0 radical (unpaired) electrons. The first kappa shape index (κ1) is 20.2. The molecular formula is C23H20ClN3O2S. The van der Waals surface area contributed by atoms with E-state index in [0.29, 0.717) is 27.0 Å². The van der Waals surface area contributed by atoms with Gasteiger partial charge in [-0.3, -0.25) is 4.79 Å². The van der Waals surface area contributed by atoms with Crippen LogP contribution < -0.4 is 15.8 Å². The number of pyridine rings is 1. The van der Waals surface area contributed by atoms with E-state index in [1.165, 1.54) is 24.0 Å². The Balaban J connectivity index is 1.69. The molecule has 2 heterocycles. The number of aromatic nitrogens is 1. The molecule has 0 unspecified atom stereocenters. The van der Waals surface area contributed by atoms with E-state index in [4.69, 9.17) is 27.1 Å². The smallest absolute Gasteiger partial charge is 0.268 e. The first-order valence-corrected chi connectivity index (χ1v) is 10.5. The van der Waals surface area contributed by atoms with E-state index >= 15 is 0 Å². The topological polar surface area (TPSA) is 77.2 Å². The highest BCUT2D eigenvalue weighted by Gasteiger charge is 2.19. The van der Waals surface area contributed by atoms with Crippen LogP contribution in [0.3, 0.4) is 0 Å². The van der Waals surface area contributed by atoms with Crippen molar-refractivity contribution < 1.29 is 9.53 Å². The summed E-state index contributed by atoms with van der Waals surface area (Å²) in [5.74, 6) is 0.172. The van der Waals surface area contributed by atoms with Crippen molar-refractivity contribution in [3.63, 3.8) is 0 Å². The van der Waals surface area contributed by atoms with E-state index in [1.807, 2.05) is 50.2 Å². The molecule has 0 atom stereocenters. The molecule has 0 bridgehead atoms. The van der Waals surface area contributed by atoms with Gasteiger partial charge in [-0.05, 0) is 37.6 Å². The maximum absolute atomic E-state index is 13.0. The maximum atomic E-state index is 13.0. The molecule has 2 aromatic heterocycles. The van der Waals surface area contributed by atoms with Gasteiger partial charge in [-0.1, -0.05) is 41.4 Å². The quantitative estimate of drug-likeness (QED) is 0.405. The zero-order valence-electron chi connectivity index (χ0n) is 16.7. The van der Waals surface area contributed by atoms with Crippen molar-refractivity contribution >= 4 is 50.4 Å². The standard InChI is InChI=1S/C23H20ClN3O2S/c1-12-4-6-14(7-5-12)17-9-8-15-20(25)21(30-23(15)27-17)22(28)26-18-10-13(2)16(24)11-19(18)29-3/h4-11H,25H2,1-3H3,(H,26,28). The molecule has 0 saturated carbocycles. The number of halogens is 1. The van der Waals surface area contributed by atoms with Gasteiger partial charge in [0.15, 0.2) is 0 Å². The Morgan fingerprint density at radius 1 is 1.13 bits per heavy atom. The van der Waals surface area contributed by atoms with Crippen LogP contribution in [-0.2, 0) is 0 Å². The predicted molar refractivity (Wildman–Crippen MR) is 125 cm³/mol. The molecule has 0 aliphatic rings. The second-order valence-electron chi connectivity index (χ2n) is 7.02. The Bertz CT molecular complexity index is 1270. The highest BCUT2D eigenvalue weighted by atomic mass is 35.5. The Morgan fingerprint density at radius 3 is 2.57 bits per heavy atom. The molecule has 2 aromatic carbocycles. The number of rotatable bonds is 4. The number of anilines is 2. The molecule has 4 rings (SSSR count). The van der Waals surface area contributed by atoms with E-state index in [9.17, 15) is 4.79 Å². The Kier molecular flexibility index (Phi) is 5.37. The normalized spacial score (nSPS) is 10.9. The van der Waals surface area contributed by atoms with Crippen molar-refractivity contribution in [3.8, 4) is 17.0 Å². The third-order valence-electron chi connectivity index (χ3n) is 4.88. The zero-order chi connectivity index (χ0) is 21.4. The summed E-state index contributed by atoms with van der Waals surface area (Å²) in [5.41, 5.74) is 11.1. The summed E-state index contributed by atoms with van der Waals surface area (Å²) in [6.45, 7) is 3.91. The van der Waals surface area contributed by atoms with Gasteiger partial charge in [0.25, 0.3) is 5.91 Å². The molecule has 0 spiro atoms. The van der Waals surface area contributed by atoms with Crippen molar-refractivity contribution in [3.05, 3.63) is 69.6 Å². The highest BCUT2D eigenvalue weighted by Crippen LogP contribution is 2.36. The maximum Gasteiger partial charge on any atom is 0.268 e. The van der Waals surface area contributed by atoms with Gasteiger partial charge in [0.2, 0.25) is 0 Å². The van der Waals surface area contributed by atoms with Crippen LogP contribution in [-0.4, -0.2) is 18.0 Å². The summed E-state index contributed by atoms with van der Waals surface area (Å²) in [5, 5.41) is 4.21. The van der Waals surface area contributed by atoms with E-state index in [2.05, 4.69) is 5.32 Å². The minimum Gasteiger partial charge on any atom is -0.495 e. The summed E-state index contributed by atoms with van der Waals surface area (Å²) in [4.78, 5) is 18.8. The lowest BCUT2D eigenvalue weighted by Gasteiger charge is -2.12. The molecule has 3 N–H and O–H groups in total. The van der Waals surface area contributed by atoms with Gasteiger partial charge >= 0.3 is 0 Å². The van der Waals surface area contributed by atoms with Crippen LogP contribution in [0.1, 0.15) is 20.8 Å². The van der Waals surface area contributed by atoms with Crippen LogP contribution in [0.4, 0.5) is 11.4 Å². The number of aryl methyl sites for hydroxylation is 2. The number of carbonyl (C=O) groups excluding carboxylic acids is 1. The monoisotopic (exact) mass is 437 g/mol. The van der Waals surface area contributed by atoms with E-state index in [-0.39, 0.29) is 5.91 Å². The van der Waals surface area contributed by atoms with Crippen molar-refractivity contribution in [2.45, 2.75) is 13.8 Å². The Hall–Kier alpha value is -3.09. The van der Waals surface area contributed by atoms with Gasteiger partial charge in [-0.2, -0.15) is 0 Å². The molecule has 5 nitrogen and oxygen atoms in total. The number of nitrogen functional groups attached to an aromatic ring is 1. The number of carbonyl (C=O) groups is 1. The predicted octanol–water partition coefficient (Wildman–Crippen LogP) is 6.08. The second-order valence-corrected chi connectivity index (χ2v) is 8.42. The molecule has 7 heteroatoms. The average Bonchev–Trinajstić information content (AvgIpc) is 3.07. The number of thiophene rings is 1. The van der Waals surface area contributed by atoms with E-state index < -0.39 is 0 Å².